The molecule has 17 heavy (non-hydrogen) atoms. The van der Waals surface area contributed by atoms with E-state index in [1.165, 1.54) is 0 Å². The SMILES string of the molecule is OCC1CCn2cc(-c3ccc(Br)o3)nc2C1. The van der Waals surface area contributed by atoms with Gasteiger partial charge in [-0.15, -0.1) is 0 Å². The van der Waals surface area contributed by atoms with Crippen molar-refractivity contribution in [2.75, 3.05) is 6.61 Å². The van der Waals surface area contributed by atoms with E-state index in [2.05, 4.69) is 25.5 Å². The maximum atomic E-state index is 9.18. The van der Waals surface area contributed by atoms with E-state index in [1.807, 2.05) is 18.3 Å². The molecule has 0 radical (unpaired) electrons. The highest BCUT2D eigenvalue weighted by Gasteiger charge is 2.21. The van der Waals surface area contributed by atoms with Crippen molar-refractivity contribution in [3.05, 3.63) is 28.8 Å². The zero-order valence-electron chi connectivity index (χ0n) is 9.27. The maximum absolute atomic E-state index is 9.18. The zero-order chi connectivity index (χ0) is 11.8. The van der Waals surface area contributed by atoms with E-state index < -0.39 is 0 Å². The smallest absolute Gasteiger partial charge is 0.169 e. The molecule has 1 unspecified atom stereocenters. The molecule has 5 heteroatoms. The van der Waals surface area contributed by atoms with E-state index in [1.54, 1.807) is 0 Å². The van der Waals surface area contributed by atoms with Gasteiger partial charge in [-0.25, -0.2) is 4.98 Å². The minimum absolute atomic E-state index is 0.245. The number of aryl methyl sites for hydroxylation is 1. The molecule has 90 valence electrons. The highest BCUT2D eigenvalue weighted by atomic mass is 79.9. The molecule has 3 heterocycles. The van der Waals surface area contributed by atoms with Gasteiger partial charge in [-0.2, -0.15) is 0 Å². The summed E-state index contributed by atoms with van der Waals surface area (Å²) in [5, 5.41) is 9.18. The number of hydrogen-bond donors (Lipinski definition) is 1. The van der Waals surface area contributed by atoms with Gasteiger partial charge in [0.15, 0.2) is 10.4 Å². The van der Waals surface area contributed by atoms with E-state index in [-0.39, 0.29) is 6.61 Å². The predicted octanol–water partition coefficient (Wildman–Crippen LogP) is 2.46. The van der Waals surface area contributed by atoms with Crippen LogP contribution in [0.4, 0.5) is 0 Å². The molecule has 0 aliphatic carbocycles. The van der Waals surface area contributed by atoms with Crippen molar-refractivity contribution < 1.29 is 9.52 Å². The summed E-state index contributed by atoms with van der Waals surface area (Å²) in [6, 6.07) is 3.77. The Labute approximate surface area is 107 Å². The number of rotatable bonds is 2. The van der Waals surface area contributed by atoms with Crippen LogP contribution in [0, 0.1) is 5.92 Å². The number of aromatic nitrogens is 2. The number of halogens is 1. The molecule has 0 amide bonds. The molecular formula is C12H13BrN2O2. The fraction of sp³-hybridized carbons (Fsp3) is 0.417. The summed E-state index contributed by atoms with van der Waals surface area (Å²) in [6.07, 6.45) is 3.88. The fourth-order valence-corrected chi connectivity index (χ4v) is 2.53. The Hall–Kier alpha value is -1.07. The van der Waals surface area contributed by atoms with Crippen LogP contribution >= 0.6 is 15.9 Å². The van der Waals surface area contributed by atoms with Crippen molar-refractivity contribution in [2.45, 2.75) is 19.4 Å². The maximum Gasteiger partial charge on any atom is 0.169 e. The Bertz CT molecular complexity index is 532. The first-order valence-electron chi connectivity index (χ1n) is 5.69. The molecule has 0 spiro atoms. The van der Waals surface area contributed by atoms with Gasteiger partial charge in [-0.1, -0.05) is 0 Å². The first-order valence-corrected chi connectivity index (χ1v) is 6.48. The highest BCUT2D eigenvalue weighted by Crippen LogP contribution is 2.27. The van der Waals surface area contributed by atoms with Gasteiger partial charge in [0.05, 0.1) is 0 Å². The molecule has 3 rings (SSSR count). The van der Waals surface area contributed by atoms with E-state index in [0.29, 0.717) is 10.6 Å². The number of fused-ring (bicyclic) bond motifs is 1. The molecule has 0 saturated heterocycles. The Morgan fingerprint density at radius 2 is 2.41 bits per heavy atom. The third kappa shape index (κ3) is 2.05. The number of furan rings is 1. The second-order valence-electron chi connectivity index (χ2n) is 4.38. The molecular weight excluding hydrogens is 284 g/mol. The van der Waals surface area contributed by atoms with Gasteiger partial charge in [0.1, 0.15) is 11.5 Å². The second-order valence-corrected chi connectivity index (χ2v) is 5.16. The Morgan fingerprint density at radius 3 is 3.12 bits per heavy atom. The van der Waals surface area contributed by atoms with Crippen LogP contribution in [0.2, 0.25) is 0 Å². The minimum atomic E-state index is 0.245. The van der Waals surface area contributed by atoms with Crippen molar-refractivity contribution in [1.29, 1.82) is 0 Å². The molecule has 1 aliphatic heterocycles. The summed E-state index contributed by atoms with van der Waals surface area (Å²) in [6.45, 7) is 1.17. The summed E-state index contributed by atoms with van der Waals surface area (Å²) < 4.78 is 8.36. The van der Waals surface area contributed by atoms with Gasteiger partial charge in [0.25, 0.3) is 0 Å². The summed E-state index contributed by atoms with van der Waals surface area (Å²) >= 11 is 3.29. The van der Waals surface area contributed by atoms with Crippen molar-refractivity contribution >= 4 is 15.9 Å². The molecule has 2 aromatic rings. The molecule has 0 saturated carbocycles. The van der Waals surface area contributed by atoms with Crippen LogP contribution in [0.5, 0.6) is 0 Å². The van der Waals surface area contributed by atoms with E-state index in [0.717, 1.165) is 36.7 Å². The number of nitrogens with zero attached hydrogens (tertiary/aromatic N) is 2. The van der Waals surface area contributed by atoms with Crippen molar-refractivity contribution in [3.63, 3.8) is 0 Å². The quantitative estimate of drug-likeness (QED) is 0.926. The molecule has 0 aromatic carbocycles. The Kier molecular flexibility index (Phi) is 2.80. The monoisotopic (exact) mass is 296 g/mol. The molecule has 2 aromatic heterocycles. The summed E-state index contributed by atoms with van der Waals surface area (Å²) in [5.41, 5.74) is 0.865. The number of aliphatic hydroxyl groups excluding tert-OH is 1. The van der Waals surface area contributed by atoms with Gasteiger partial charge in [-0.05, 0) is 40.4 Å². The first-order chi connectivity index (χ1) is 8.26. The van der Waals surface area contributed by atoms with Gasteiger partial charge in [-0.3, -0.25) is 0 Å². The lowest BCUT2D eigenvalue weighted by molar-refractivity contribution is 0.199. The van der Waals surface area contributed by atoms with E-state index in [9.17, 15) is 5.11 Å². The number of hydrogen-bond acceptors (Lipinski definition) is 3. The molecule has 0 fully saturated rings. The third-order valence-corrected chi connectivity index (χ3v) is 3.62. The lowest BCUT2D eigenvalue weighted by atomic mass is 9.99. The van der Waals surface area contributed by atoms with Crippen molar-refractivity contribution in [3.8, 4) is 11.5 Å². The average molecular weight is 297 g/mol. The highest BCUT2D eigenvalue weighted by molar-refractivity contribution is 9.10. The van der Waals surface area contributed by atoms with Crippen LogP contribution in [0.3, 0.4) is 0 Å². The van der Waals surface area contributed by atoms with E-state index in [4.69, 9.17) is 4.42 Å². The van der Waals surface area contributed by atoms with Crippen LogP contribution in [-0.2, 0) is 13.0 Å². The van der Waals surface area contributed by atoms with Gasteiger partial charge in [0.2, 0.25) is 0 Å². The molecule has 1 atom stereocenters. The number of imidazole rings is 1. The molecule has 1 N–H and O–H groups in total. The topological polar surface area (TPSA) is 51.2 Å². The van der Waals surface area contributed by atoms with Crippen LogP contribution in [-0.4, -0.2) is 21.3 Å². The standard InChI is InChI=1S/C12H13BrN2O2/c13-11-2-1-10(17-11)9-6-15-4-3-8(7-16)5-12(15)14-9/h1-2,6,8,16H,3-5,7H2. The van der Waals surface area contributed by atoms with Crippen LogP contribution in [0.15, 0.2) is 27.4 Å². The Balaban J connectivity index is 1.92. The lowest BCUT2D eigenvalue weighted by Crippen LogP contribution is -2.21. The van der Waals surface area contributed by atoms with E-state index >= 15 is 0 Å². The zero-order valence-corrected chi connectivity index (χ0v) is 10.9. The normalized spacial score (nSPS) is 19.3. The van der Waals surface area contributed by atoms with Crippen LogP contribution < -0.4 is 0 Å². The molecule has 0 bridgehead atoms. The number of aliphatic hydroxyl groups is 1. The van der Waals surface area contributed by atoms with Crippen LogP contribution in [0.1, 0.15) is 12.2 Å². The van der Waals surface area contributed by atoms with Crippen LogP contribution in [0.25, 0.3) is 11.5 Å². The first kappa shape index (κ1) is 11.0. The summed E-state index contributed by atoms with van der Waals surface area (Å²) in [5.74, 6) is 2.17. The minimum Gasteiger partial charge on any atom is -0.448 e. The molecule has 4 nitrogen and oxygen atoms in total. The summed E-state index contributed by atoms with van der Waals surface area (Å²) in [7, 11) is 0. The lowest BCUT2D eigenvalue weighted by Gasteiger charge is -2.20. The largest absolute Gasteiger partial charge is 0.448 e. The van der Waals surface area contributed by atoms with Gasteiger partial charge < -0.3 is 14.1 Å². The predicted molar refractivity (Wildman–Crippen MR) is 66.5 cm³/mol. The fourth-order valence-electron chi connectivity index (χ4n) is 2.22. The Morgan fingerprint density at radius 1 is 1.53 bits per heavy atom. The van der Waals surface area contributed by atoms with Gasteiger partial charge in [0, 0.05) is 25.8 Å². The van der Waals surface area contributed by atoms with Crippen molar-refractivity contribution in [2.24, 2.45) is 5.92 Å². The average Bonchev–Trinajstić information content (AvgIpc) is 2.93. The molecule has 1 aliphatic rings. The van der Waals surface area contributed by atoms with Gasteiger partial charge >= 0.3 is 0 Å². The van der Waals surface area contributed by atoms with Crippen molar-refractivity contribution in [1.82, 2.24) is 9.55 Å². The third-order valence-electron chi connectivity index (χ3n) is 3.19. The second kappa shape index (κ2) is 4.31. The summed E-state index contributed by atoms with van der Waals surface area (Å²) in [4.78, 5) is 4.57.